The Morgan fingerprint density at radius 1 is 1.39 bits per heavy atom. The molecule has 1 atom stereocenters. The van der Waals surface area contributed by atoms with Gasteiger partial charge >= 0.3 is 6.18 Å². The number of nitrogens with zero attached hydrogens (tertiary/aromatic N) is 2. The zero-order chi connectivity index (χ0) is 17.1. The molecule has 0 saturated heterocycles. The highest BCUT2D eigenvalue weighted by atomic mass is 19.4. The second kappa shape index (κ2) is 6.90. The molecule has 1 fully saturated rings. The van der Waals surface area contributed by atoms with Crippen molar-refractivity contribution in [2.24, 2.45) is 5.92 Å². The van der Waals surface area contributed by atoms with Gasteiger partial charge in [-0.1, -0.05) is 19.3 Å². The van der Waals surface area contributed by atoms with E-state index in [1.54, 1.807) is 6.92 Å². The number of halogens is 3. The number of hydrogen-bond donors (Lipinski definition) is 2. The van der Waals surface area contributed by atoms with Crippen LogP contribution < -0.4 is 5.32 Å². The summed E-state index contributed by atoms with van der Waals surface area (Å²) >= 11 is 0. The van der Waals surface area contributed by atoms with Crippen LogP contribution in [0.1, 0.15) is 44.7 Å². The lowest BCUT2D eigenvalue weighted by atomic mass is 9.78. The van der Waals surface area contributed by atoms with Crippen molar-refractivity contribution in [3.63, 3.8) is 0 Å². The summed E-state index contributed by atoms with van der Waals surface area (Å²) in [5.41, 5.74) is -2.03. The Bertz CT molecular complexity index is 534. The van der Waals surface area contributed by atoms with Gasteiger partial charge in [0, 0.05) is 12.7 Å². The molecule has 1 amide bonds. The van der Waals surface area contributed by atoms with Gasteiger partial charge in [-0.2, -0.15) is 18.3 Å². The third kappa shape index (κ3) is 4.95. The lowest BCUT2D eigenvalue weighted by Crippen LogP contribution is -2.47. The molecule has 5 nitrogen and oxygen atoms in total. The van der Waals surface area contributed by atoms with Gasteiger partial charge in [0.15, 0.2) is 5.69 Å². The van der Waals surface area contributed by atoms with Gasteiger partial charge in [0.1, 0.15) is 6.54 Å². The van der Waals surface area contributed by atoms with E-state index in [9.17, 15) is 23.1 Å². The number of aliphatic hydroxyl groups is 1. The van der Waals surface area contributed by atoms with Gasteiger partial charge < -0.3 is 10.4 Å². The first kappa shape index (κ1) is 17.8. The average Bonchev–Trinajstić information content (AvgIpc) is 2.95. The number of nitrogens with one attached hydrogen (secondary N) is 1. The number of hydrogen-bond acceptors (Lipinski definition) is 3. The number of rotatable bonds is 5. The molecular weight excluding hydrogens is 311 g/mol. The van der Waals surface area contributed by atoms with E-state index in [4.69, 9.17) is 0 Å². The fourth-order valence-corrected chi connectivity index (χ4v) is 2.95. The van der Waals surface area contributed by atoms with E-state index in [-0.39, 0.29) is 19.0 Å². The molecular formula is C15H22F3N3O2. The normalized spacial score (nSPS) is 19.3. The van der Waals surface area contributed by atoms with Gasteiger partial charge in [0.2, 0.25) is 5.91 Å². The van der Waals surface area contributed by atoms with E-state index in [0.717, 1.165) is 42.6 Å². The van der Waals surface area contributed by atoms with Crippen molar-refractivity contribution in [1.29, 1.82) is 0 Å². The first-order valence-electron chi connectivity index (χ1n) is 7.78. The molecule has 1 aliphatic carbocycles. The van der Waals surface area contributed by atoms with E-state index in [1.807, 2.05) is 0 Å². The maximum absolute atomic E-state index is 12.4. The maximum atomic E-state index is 12.4. The van der Waals surface area contributed by atoms with Crippen LogP contribution in [0, 0.1) is 5.92 Å². The molecule has 1 aromatic rings. The number of aromatic nitrogens is 2. The molecule has 2 rings (SSSR count). The summed E-state index contributed by atoms with van der Waals surface area (Å²) in [7, 11) is 0. The predicted molar refractivity (Wildman–Crippen MR) is 77.4 cm³/mol. The van der Waals surface area contributed by atoms with Gasteiger partial charge in [0.05, 0.1) is 5.60 Å². The second-order valence-corrected chi connectivity index (χ2v) is 6.37. The summed E-state index contributed by atoms with van der Waals surface area (Å²) in [5.74, 6) is -0.337. The highest BCUT2D eigenvalue weighted by Crippen LogP contribution is 2.32. The maximum Gasteiger partial charge on any atom is 0.435 e. The van der Waals surface area contributed by atoms with Crippen LogP contribution in [0.15, 0.2) is 12.3 Å². The van der Waals surface area contributed by atoms with E-state index < -0.39 is 23.4 Å². The van der Waals surface area contributed by atoms with Gasteiger partial charge in [-0.05, 0) is 31.7 Å². The molecule has 0 aliphatic heterocycles. The quantitative estimate of drug-likeness (QED) is 0.869. The van der Waals surface area contributed by atoms with Crippen LogP contribution in [0.5, 0.6) is 0 Å². The monoisotopic (exact) mass is 333 g/mol. The molecule has 1 aliphatic rings. The molecule has 0 spiro atoms. The summed E-state index contributed by atoms with van der Waals surface area (Å²) in [6, 6.07) is 0.825. The molecule has 1 aromatic heterocycles. The van der Waals surface area contributed by atoms with Gasteiger partial charge in [0.25, 0.3) is 0 Å². The summed E-state index contributed by atoms with van der Waals surface area (Å²) < 4.78 is 38.3. The van der Waals surface area contributed by atoms with Crippen molar-refractivity contribution < 1.29 is 23.1 Å². The summed E-state index contributed by atoms with van der Waals surface area (Å²) in [5, 5.41) is 16.4. The van der Waals surface area contributed by atoms with E-state index in [1.165, 1.54) is 6.42 Å². The van der Waals surface area contributed by atoms with Crippen LogP contribution in [0.25, 0.3) is 0 Å². The standard InChI is InChI=1S/C15H22F3N3O2/c1-14(23,11-5-3-2-4-6-11)10-19-13(22)9-21-8-7-12(20-21)15(16,17)18/h7-8,11,23H,2-6,9-10H2,1H3,(H,19,22). The molecule has 0 aromatic carbocycles. The van der Waals surface area contributed by atoms with E-state index in [0.29, 0.717) is 0 Å². The van der Waals surface area contributed by atoms with Gasteiger partial charge in [-0.3, -0.25) is 9.48 Å². The topological polar surface area (TPSA) is 67.2 Å². The molecule has 1 unspecified atom stereocenters. The van der Waals surface area contributed by atoms with Crippen molar-refractivity contribution >= 4 is 5.91 Å². The number of carbonyl (C=O) groups excluding carboxylic acids is 1. The molecule has 8 heteroatoms. The summed E-state index contributed by atoms with van der Waals surface area (Å²) in [6.45, 7) is 1.47. The third-order valence-corrected chi connectivity index (χ3v) is 4.36. The largest absolute Gasteiger partial charge is 0.435 e. The zero-order valence-electron chi connectivity index (χ0n) is 13.1. The van der Waals surface area contributed by atoms with Gasteiger partial charge in [-0.15, -0.1) is 0 Å². The molecule has 130 valence electrons. The van der Waals surface area contributed by atoms with Crippen molar-refractivity contribution in [2.45, 2.75) is 57.3 Å². The SMILES string of the molecule is CC(O)(CNC(=O)Cn1ccc(C(F)(F)F)n1)C1CCCCC1. The van der Waals surface area contributed by atoms with Crippen LogP contribution >= 0.6 is 0 Å². The second-order valence-electron chi connectivity index (χ2n) is 6.37. The van der Waals surface area contributed by atoms with Crippen molar-refractivity contribution in [2.75, 3.05) is 6.54 Å². The number of alkyl halides is 3. The van der Waals surface area contributed by atoms with Crippen LogP contribution in [-0.4, -0.2) is 32.9 Å². The molecule has 1 saturated carbocycles. The van der Waals surface area contributed by atoms with Crippen molar-refractivity contribution in [1.82, 2.24) is 15.1 Å². The van der Waals surface area contributed by atoms with E-state index >= 15 is 0 Å². The van der Waals surface area contributed by atoms with Crippen LogP contribution in [0.3, 0.4) is 0 Å². The first-order chi connectivity index (χ1) is 10.7. The zero-order valence-corrected chi connectivity index (χ0v) is 13.1. The molecule has 1 heterocycles. The summed E-state index contributed by atoms with van der Waals surface area (Å²) in [6.07, 6.45) is 1.76. The van der Waals surface area contributed by atoms with E-state index in [2.05, 4.69) is 10.4 Å². The van der Waals surface area contributed by atoms with Crippen LogP contribution in [0.4, 0.5) is 13.2 Å². The van der Waals surface area contributed by atoms with Gasteiger partial charge in [-0.25, -0.2) is 0 Å². The fourth-order valence-electron chi connectivity index (χ4n) is 2.95. The molecule has 0 bridgehead atoms. The Kier molecular flexibility index (Phi) is 5.33. The minimum atomic E-state index is -4.52. The minimum absolute atomic E-state index is 0.0872. The fraction of sp³-hybridized carbons (Fsp3) is 0.733. The lowest BCUT2D eigenvalue weighted by Gasteiger charge is -2.35. The Morgan fingerprint density at radius 2 is 2.04 bits per heavy atom. The van der Waals surface area contributed by atoms with Crippen molar-refractivity contribution in [3.05, 3.63) is 18.0 Å². The highest BCUT2D eigenvalue weighted by molar-refractivity contribution is 5.75. The average molecular weight is 333 g/mol. The number of amides is 1. The van der Waals surface area contributed by atoms with Crippen LogP contribution in [-0.2, 0) is 17.5 Å². The van der Waals surface area contributed by atoms with Crippen LogP contribution in [0.2, 0.25) is 0 Å². The highest BCUT2D eigenvalue weighted by Gasteiger charge is 2.34. The summed E-state index contributed by atoms with van der Waals surface area (Å²) in [4.78, 5) is 11.8. The molecule has 0 radical (unpaired) electrons. The predicted octanol–water partition coefficient (Wildman–Crippen LogP) is 2.35. The smallest absolute Gasteiger partial charge is 0.388 e. The third-order valence-electron chi connectivity index (χ3n) is 4.36. The molecule has 2 N–H and O–H groups in total. The molecule has 23 heavy (non-hydrogen) atoms. The lowest BCUT2D eigenvalue weighted by molar-refractivity contribution is -0.141. The Balaban J connectivity index is 1.83. The Labute approximate surface area is 132 Å². The Morgan fingerprint density at radius 3 is 2.61 bits per heavy atom. The van der Waals surface area contributed by atoms with Crippen molar-refractivity contribution in [3.8, 4) is 0 Å². The minimum Gasteiger partial charge on any atom is -0.388 e. The first-order valence-corrected chi connectivity index (χ1v) is 7.78. The Hall–Kier alpha value is -1.57. The number of carbonyl (C=O) groups is 1.